The largest absolute Gasteiger partial charge is 0.369 e. The number of piperidine rings is 1. The van der Waals surface area contributed by atoms with E-state index in [9.17, 15) is 18.6 Å². The van der Waals surface area contributed by atoms with Gasteiger partial charge in [-0.2, -0.15) is 0 Å². The van der Waals surface area contributed by atoms with Crippen LogP contribution in [0.3, 0.4) is 0 Å². The summed E-state index contributed by atoms with van der Waals surface area (Å²) in [6.07, 6.45) is 13.2. The normalized spacial score (nSPS) is 18.4. The summed E-state index contributed by atoms with van der Waals surface area (Å²) in [6, 6.07) is 6.91. The monoisotopic (exact) mass is 572 g/mol. The molecule has 9 heteroatoms. The number of urea groups is 1. The van der Waals surface area contributed by atoms with E-state index in [1.54, 1.807) is 24.5 Å². The van der Waals surface area contributed by atoms with Gasteiger partial charge in [-0.05, 0) is 76.1 Å². The molecular formula is C31H48N4O4S. The van der Waals surface area contributed by atoms with Crippen molar-refractivity contribution in [3.63, 3.8) is 0 Å². The van der Waals surface area contributed by atoms with Crippen LogP contribution in [-0.4, -0.2) is 63.3 Å². The maximum atomic E-state index is 13.0. The number of carbonyl (C=O) groups is 3. The number of nitrogens with zero attached hydrogens (tertiary/aromatic N) is 2. The van der Waals surface area contributed by atoms with Gasteiger partial charge in [0.1, 0.15) is 5.54 Å². The molecule has 1 spiro atoms. The Bertz CT molecular complexity index is 999. The second-order valence-electron chi connectivity index (χ2n) is 10.1. The van der Waals surface area contributed by atoms with E-state index in [-0.39, 0.29) is 30.3 Å². The number of primary amides is 1. The molecule has 4 rings (SSSR count). The fourth-order valence-electron chi connectivity index (χ4n) is 4.60. The Hall–Kier alpha value is -3.04. The van der Waals surface area contributed by atoms with Crippen molar-refractivity contribution in [2.75, 3.05) is 25.9 Å². The second kappa shape index (κ2) is 18.3. The minimum absolute atomic E-state index is 0.119. The van der Waals surface area contributed by atoms with Crippen LogP contribution in [0.1, 0.15) is 63.9 Å². The Morgan fingerprint density at radius 1 is 1.12 bits per heavy atom. The van der Waals surface area contributed by atoms with E-state index in [0.29, 0.717) is 12.8 Å². The van der Waals surface area contributed by atoms with E-state index in [1.807, 2.05) is 25.1 Å². The molecular weight excluding hydrogens is 524 g/mol. The molecule has 3 aliphatic rings. The van der Waals surface area contributed by atoms with E-state index in [2.05, 4.69) is 36.5 Å². The van der Waals surface area contributed by atoms with Gasteiger partial charge in [0.2, 0.25) is 5.91 Å². The molecule has 1 unspecified atom stereocenters. The van der Waals surface area contributed by atoms with E-state index >= 15 is 0 Å². The molecule has 0 bridgehead atoms. The lowest BCUT2D eigenvalue weighted by Crippen LogP contribution is -2.55. The first-order valence-corrected chi connectivity index (χ1v) is 15.5. The third-order valence-corrected chi connectivity index (χ3v) is 8.13. The predicted octanol–water partition coefficient (Wildman–Crippen LogP) is 4.93. The predicted molar refractivity (Wildman–Crippen MR) is 164 cm³/mol. The van der Waals surface area contributed by atoms with E-state index in [1.165, 1.54) is 11.3 Å². The minimum atomic E-state index is -1.04. The van der Waals surface area contributed by atoms with Crippen LogP contribution in [0, 0.1) is 5.92 Å². The first-order valence-electron chi connectivity index (χ1n) is 13.9. The van der Waals surface area contributed by atoms with E-state index in [4.69, 9.17) is 5.73 Å². The molecule has 1 atom stereocenters. The van der Waals surface area contributed by atoms with Crippen molar-refractivity contribution < 1.29 is 18.6 Å². The number of hydrogen-bond acceptors (Lipinski definition) is 5. The number of benzene rings is 1. The molecule has 222 valence electrons. The lowest BCUT2D eigenvalue weighted by atomic mass is 9.85. The zero-order chi connectivity index (χ0) is 30.1. The SMILES string of the molecule is C=C.C=CC.C=CCCCCN1CCC2(CC1)NC(=O)N(Cc1ccc(S(C)=O)cc1)C2=O.NC(=O)C1CCC1. The molecule has 1 saturated carbocycles. The minimum Gasteiger partial charge on any atom is -0.369 e. The van der Waals surface area contributed by atoms with Crippen molar-refractivity contribution >= 4 is 28.6 Å². The first kappa shape index (κ1) is 35.0. The smallest absolute Gasteiger partial charge is 0.325 e. The number of carbonyl (C=O) groups excluding carboxylic acids is 3. The van der Waals surface area contributed by atoms with Gasteiger partial charge in [0, 0.05) is 41.0 Å². The van der Waals surface area contributed by atoms with Gasteiger partial charge in [0.25, 0.3) is 5.91 Å². The standard InChI is InChI=1S/C21H29N3O3S.C5H9NO.C3H6.C2H4/c1-3-4-5-6-13-23-14-11-21(12-15-23)19(25)24(20(26)22-21)16-17-7-9-18(10-8-17)28(2)27;6-5(7)4-2-1-3-4;1-3-2;1-2/h3,7-10H,1,4-6,11-16H2,2H3,(H,22,26);4H,1-3H2,(H2,6,7);3H,1H2,2H3;1-2H2. The molecule has 0 aromatic heterocycles. The fourth-order valence-corrected chi connectivity index (χ4v) is 5.12. The molecule has 1 aliphatic carbocycles. The molecule has 3 fully saturated rings. The summed E-state index contributed by atoms with van der Waals surface area (Å²) in [6.45, 7) is 17.9. The lowest BCUT2D eigenvalue weighted by Gasteiger charge is -2.37. The van der Waals surface area contributed by atoms with Gasteiger partial charge in [0.05, 0.1) is 6.54 Å². The van der Waals surface area contributed by atoms with Crippen molar-refractivity contribution in [2.45, 2.75) is 75.3 Å². The van der Waals surface area contributed by atoms with Crippen LogP contribution in [0.5, 0.6) is 0 Å². The molecule has 40 heavy (non-hydrogen) atoms. The number of nitrogens with two attached hydrogens (primary N) is 1. The highest BCUT2D eigenvalue weighted by Crippen LogP contribution is 2.30. The van der Waals surface area contributed by atoms with Crippen LogP contribution < -0.4 is 11.1 Å². The summed E-state index contributed by atoms with van der Waals surface area (Å²) in [7, 11) is -1.04. The molecule has 1 aromatic carbocycles. The number of unbranched alkanes of at least 4 members (excludes halogenated alkanes) is 2. The molecule has 8 nitrogen and oxygen atoms in total. The second-order valence-corrected chi connectivity index (χ2v) is 11.4. The van der Waals surface area contributed by atoms with Crippen LogP contribution in [0.15, 0.2) is 67.6 Å². The van der Waals surface area contributed by atoms with Gasteiger partial charge in [0.15, 0.2) is 0 Å². The van der Waals surface area contributed by atoms with Gasteiger partial charge in [-0.15, -0.1) is 26.3 Å². The van der Waals surface area contributed by atoms with Gasteiger partial charge in [-0.1, -0.05) is 30.7 Å². The summed E-state index contributed by atoms with van der Waals surface area (Å²) >= 11 is 0. The lowest BCUT2D eigenvalue weighted by molar-refractivity contribution is -0.133. The Labute approximate surface area is 243 Å². The summed E-state index contributed by atoms with van der Waals surface area (Å²) < 4.78 is 11.5. The molecule has 0 radical (unpaired) electrons. The highest BCUT2D eigenvalue weighted by molar-refractivity contribution is 7.84. The maximum absolute atomic E-state index is 13.0. The van der Waals surface area contributed by atoms with Crippen LogP contribution in [0.2, 0.25) is 0 Å². The Balaban J connectivity index is 0.000000558. The van der Waals surface area contributed by atoms with Crippen molar-refractivity contribution in [1.82, 2.24) is 15.1 Å². The van der Waals surface area contributed by atoms with Crippen molar-refractivity contribution in [2.24, 2.45) is 11.7 Å². The van der Waals surface area contributed by atoms with Crippen LogP contribution in [-0.2, 0) is 26.9 Å². The number of allylic oxidation sites excluding steroid dienone is 2. The average molecular weight is 573 g/mol. The fraction of sp³-hybridized carbons (Fsp3) is 0.516. The first-order chi connectivity index (χ1) is 19.2. The van der Waals surface area contributed by atoms with Gasteiger partial charge in [-0.25, -0.2) is 4.79 Å². The third kappa shape index (κ3) is 10.5. The van der Waals surface area contributed by atoms with Crippen molar-refractivity contribution in [1.29, 1.82) is 0 Å². The number of amides is 4. The maximum Gasteiger partial charge on any atom is 0.325 e. The van der Waals surface area contributed by atoms with E-state index in [0.717, 1.165) is 62.2 Å². The number of nitrogens with one attached hydrogen (secondary N) is 1. The molecule has 1 aromatic rings. The molecule has 2 saturated heterocycles. The topological polar surface area (TPSA) is 113 Å². The van der Waals surface area contributed by atoms with Crippen molar-refractivity contribution in [3.8, 4) is 0 Å². The Kier molecular flexibility index (Phi) is 16.0. The summed E-state index contributed by atoms with van der Waals surface area (Å²) in [5, 5.41) is 2.96. The molecule has 4 amide bonds. The number of likely N-dealkylation sites (tertiary alicyclic amines) is 1. The average Bonchev–Trinajstić information content (AvgIpc) is 3.12. The Morgan fingerprint density at radius 2 is 1.70 bits per heavy atom. The molecule has 2 aliphatic heterocycles. The zero-order valence-corrected chi connectivity index (χ0v) is 25.2. The van der Waals surface area contributed by atoms with E-state index < -0.39 is 16.3 Å². The molecule has 2 heterocycles. The van der Waals surface area contributed by atoms with Crippen LogP contribution in [0.4, 0.5) is 4.79 Å². The highest BCUT2D eigenvalue weighted by atomic mass is 32.2. The molecule has 3 N–H and O–H groups in total. The summed E-state index contributed by atoms with van der Waals surface area (Å²) in [5.41, 5.74) is 5.06. The highest BCUT2D eigenvalue weighted by Gasteiger charge is 2.52. The third-order valence-electron chi connectivity index (χ3n) is 7.19. The summed E-state index contributed by atoms with van der Waals surface area (Å²) in [4.78, 5) is 40.2. The van der Waals surface area contributed by atoms with Crippen molar-refractivity contribution in [3.05, 3.63) is 68.3 Å². The number of rotatable bonds is 9. The van der Waals surface area contributed by atoms with Crippen LogP contribution in [0.25, 0.3) is 0 Å². The van der Waals surface area contributed by atoms with Gasteiger partial charge < -0.3 is 16.0 Å². The number of imide groups is 1. The summed E-state index contributed by atoms with van der Waals surface area (Å²) in [5.74, 6) is -0.0156. The van der Waals surface area contributed by atoms with Crippen LogP contribution >= 0.6 is 0 Å². The van der Waals surface area contributed by atoms with Gasteiger partial charge >= 0.3 is 6.03 Å². The quantitative estimate of drug-likeness (QED) is 0.247. The Morgan fingerprint density at radius 3 is 2.12 bits per heavy atom. The number of hydrogen-bond donors (Lipinski definition) is 2. The zero-order valence-electron chi connectivity index (χ0n) is 24.4. The van der Waals surface area contributed by atoms with Gasteiger partial charge in [-0.3, -0.25) is 18.7 Å².